The van der Waals surface area contributed by atoms with Crippen LogP contribution in [0.1, 0.15) is 29.5 Å². The molecular formula is C27H29NO3. The van der Waals surface area contributed by atoms with Gasteiger partial charge in [-0.25, -0.2) is 0 Å². The van der Waals surface area contributed by atoms with Crippen LogP contribution in [0, 0.1) is 5.41 Å². The molecule has 0 amide bonds. The Hall–Kier alpha value is -3.11. The van der Waals surface area contributed by atoms with Crippen molar-refractivity contribution in [3.63, 3.8) is 0 Å². The van der Waals surface area contributed by atoms with E-state index in [1.807, 2.05) is 48.5 Å². The predicted molar refractivity (Wildman–Crippen MR) is 122 cm³/mol. The number of methoxy groups -OCH3 is 1. The van der Waals surface area contributed by atoms with Crippen molar-refractivity contribution in [1.82, 2.24) is 4.90 Å². The highest BCUT2D eigenvalue weighted by Gasteiger charge is 2.43. The summed E-state index contributed by atoms with van der Waals surface area (Å²) < 4.78 is 11.6. The highest BCUT2D eigenvalue weighted by Crippen LogP contribution is 2.44. The fourth-order valence-corrected chi connectivity index (χ4v) is 4.45. The third-order valence-electron chi connectivity index (χ3n) is 6.15. The second-order valence-corrected chi connectivity index (χ2v) is 8.52. The summed E-state index contributed by atoms with van der Waals surface area (Å²) in [5.41, 5.74) is 3.02. The van der Waals surface area contributed by atoms with Gasteiger partial charge in [0.05, 0.1) is 7.11 Å². The van der Waals surface area contributed by atoms with Crippen LogP contribution in [0.15, 0.2) is 78.9 Å². The number of likely N-dealkylation sites (tertiary alicyclic amines) is 1. The topological polar surface area (TPSA) is 38.8 Å². The first-order valence-electron chi connectivity index (χ1n) is 10.7. The van der Waals surface area contributed by atoms with E-state index in [0.717, 1.165) is 37.0 Å². The molecule has 0 radical (unpaired) electrons. The first-order chi connectivity index (χ1) is 15.1. The van der Waals surface area contributed by atoms with Gasteiger partial charge < -0.3 is 14.3 Å². The zero-order valence-electron chi connectivity index (χ0n) is 18.2. The van der Waals surface area contributed by atoms with Gasteiger partial charge in [-0.05, 0) is 28.8 Å². The van der Waals surface area contributed by atoms with Gasteiger partial charge >= 0.3 is 0 Å². The number of ether oxygens (including phenoxy) is 2. The van der Waals surface area contributed by atoms with Crippen molar-refractivity contribution in [2.45, 2.75) is 26.0 Å². The number of hydrogen-bond donors (Lipinski definition) is 0. The van der Waals surface area contributed by atoms with Crippen LogP contribution in [0.5, 0.6) is 11.5 Å². The Morgan fingerprint density at radius 2 is 1.65 bits per heavy atom. The van der Waals surface area contributed by atoms with Crippen LogP contribution in [0.2, 0.25) is 0 Å². The SMILES string of the molecule is COc1ccc([C@@H]2CN(Cc3ccccc3)C[C@@]2(C)C=O)cc1OCc1ccccc1. The summed E-state index contributed by atoms with van der Waals surface area (Å²) >= 11 is 0. The molecule has 4 nitrogen and oxygen atoms in total. The molecule has 1 aliphatic rings. The Morgan fingerprint density at radius 3 is 2.29 bits per heavy atom. The summed E-state index contributed by atoms with van der Waals surface area (Å²) in [6, 6.07) is 26.5. The van der Waals surface area contributed by atoms with E-state index in [1.54, 1.807) is 7.11 Å². The minimum absolute atomic E-state index is 0.0960. The largest absolute Gasteiger partial charge is 0.493 e. The smallest absolute Gasteiger partial charge is 0.161 e. The first kappa shape index (κ1) is 21.1. The second kappa shape index (κ2) is 9.36. The zero-order valence-corrected chi connectivity index (χ0v) is 18.2. The zero-order chi connectivity index (χ0) is 21.7. The lowest BCUT2D eigenvalue weighted by atomic mass is 9.77. The minimum Gasteiger partial charge on any atom is -0.493 e. The molecule has 0 bridgehead atoms. The van der Waals surface area contributed by atoms with Crippen molar-refractivity contribution < 1.29 is 14.3 Å². The predicted octanol–water partition coefficient (Wildman–Crippen LogP) is 5.08. The normalized spacial score (nSPS) is 21.0. The summed E-state index contributed by atoms with van der Waals surface area (Å²) in [6.07, 6.45) is 1.12. The van der Waals surface area contributed by atoms with Crippen molar-refractivity contribution in [2.24, 2.45) is 5.41 Å². The third kappa shape index (κ3) is 4.80. The van der Waals surface area contributed by atoms with Crippen molar-refractivity contribution >= 4 is 6.29 Å². The summed E-state index contributed by atoms with van der Waals surface area (Å²) in [6.45, 7) is 4.94. The summed E-state index contributed by atoms with van der Waals surface area (Å²) in [7, 11) is 1.65. The first-order valence-corrected chi connectivity index (χ1v) is 10.7. The van der Waals surface area contributed by atoms with Crippen LogP contribution in [-0.4, -0.2) is 31.4 Å². The lowest BCUT2D eigenvalue weighted by molar-refractivity contribution is -0.115. The molecule has 31 heavy (non-hydrogen) atoms. The number of rotatable bonds is 8. The van der Waals surface area contributed by atoms with Crippen molar-refractivity contribution in [1.29, 1.82) is 0 Å². The van der Waals surface area contributed by atoms with Gasteiger partial charge in [0.2, 0.25) is 0 Å². The van der Waals surface area contributed by atoms with Crippen LogP contribution in [0.4, 0.5) is 0 Å². The van der Waals surface area contributed by atoms with E-state index >= 15 is 0 Å². The maximum Gasteiger partial charge on any atom is 0.161 e. The Morgan fingerprint density at radius 1 is 0.968 bits per heavy atom. The van der Waals surface area contributed by atoms with E-state index in [-0.39, 0.29) is 5.92 Å². The van der Waals surface area contributed by atoms with E-state index in [1.165, 1.54) is 5.56 Å². The van der Waals surface area contributed by atoms with E-state index in [2.05, 4.69) is 42.2 Å². The van der Waals surface area contributed by atoms with Crippen molar-refractivity contribution in [3.05, 3.63) is 95.6 Å². The Balaban J connectivity index is 1.55. The molecule has 0 spiro atoms. The van der Waals surface area contributed by atoms with Gasteiger partial charge in [0.15, 0.2) is 11.5 Å². The number of benzene rings is 3. The average molecular weight is 416 g/mol. The quantitative estimate of drug-likeness (QED) is 0.481. The maximum absolute atomic E-state index is 12.1. The molecule has 1 heterocycles. The Labute approximate surface area is 184 Å². The molecule has 0 aliphatic carbocycles. The Kier molecular flexibility index (Phi) is 6.38. The fourth-order valence-electron chi connectivity index (χ4n) is 4.45. The van der Waals surface area contributed by atoms with Gasteiger partial charge in [0, 0.05) is 31.0 Å². The lowest BCUT2D eigenvalue weighted by Gasteiger charge is -2.25. The fraction of sp³-hybridized carbons (Fsp3) is 0.296. The lowest BCUT2D eigenvalue weighted by Crippen LogP contribution is -2.28. The van der Waals surface area contributed by atoms with E-state index in [4.69, 9.17) is 9.47 Å². The number of hydrogen-bond acceptors (Lipinski definition) is 4. The van der Waals surface area contributed by atoms with Gasteiger partial charge in [0.25, 0.3) is 0 Å². The van der Waals surface area contributed by atoms with Crippen molar-refractivity contribution in [3.8, 4) is 11.5 Å². The van der Waals surface area contributed by atoms with Gasteiger partial charge in [-0.3, -0.25) is 4.90 Å². The maximum atomic E-state index is 12.1. The standard InChI is InChI=1S/C27H29NO3/c1-27(20-29)19-28(16-21-9-5-3-6-10-21)17-24(27)23-13-14-25(30-2)26(15-23)31-18-22-11-7-4-8-12-22/h3-15,20,24H,16-19H2,1-2H3/t24-,27-/m0/s1. The molecule has 2 atom stereocenters. The molecule has 1 saturated heterocycles. The van der Waals surface area contributed by atoms with Crippen molar-refractivity contribution in [2.75, 3.05) is 20.2 Å². The van der Waals surface area contributed by atoms with Crippen LogP contribution in [0.3, 0.4) is 0 Å². The van der Waals surface area contributed by atoms with Crippen LogP contribution in [0.25, 0.3) is 0 Å². The summed E-state index contributed by atoms with van der Waals surface area (Å²) in [5.74, 6) is 1.50. The minimum atomic E-state index is -0.444. The van der Waals surface area contributed by atoms with Gasteiger partial charge in [0.1, 0.15) is 12.9 Å². The summed E-state index contributed by atoms with van der Waals surface area (Å²) in [4.78, 5) is 14.5. The van der Waals surface area contributed by atoms with E-state index in [0.29, 0.717) is 18.1 Å². The number of nitrogens with zero attached hydrogens (tertiary/aromatic N) is 1. The molecule has 4 heteroatoms. The molecule has 3 aromatic rings. The third-order valence-corrected chi connectivity index (χ3v) is 6.15. The second-order valence-electron chi connectivity index (χ2n) is 8.52. The Bertz CT molecular complexity index is 1010. The molecule has 0 aromatic heterocycles. The molecule has 1 aliphatic heterocycles. The highest BCUT2D eigenvalue weighted by molar-refractivity contribution is 5.63. The van der Waals surface area contributed by atoms with E-state index < -0.39 is 5.41 Å². The molecule has 1 fully saturated rings. The van der Waals surface area contributed by atoms with Gasteiger partial charge in [-0.15, -0.1) is 0 Å². The molecule has 3 aromatic carbocycles. The van der Waals surface area contributed by atoms with Crippen LogP contribution >= 0.6 is 0 Å². The molecular weight excluding hydrogens is 386 g/mol. The highest BCUT2D eigenvalue weighted by atomic mass is 16.5. The number of carbonyl (C=O) groups excluding carboxylic acids is 1. The average Bonchev–Trinajstić information content (AvgIpc) is 3.15. The van der Waals surface area contributed by atoms with Crippen LogP contribution in [-0.2, 0) is 17.9 Å². The van der Waals surface area contributed by atoms with E-state index in [9.17, 15) is 4.79 Å². The molecule has 0 unspecified atom stereocenters. The van der Waals surface area contributed by atoms with Gasteiger partial charge in [-0.1, -0.05) is 73.7 Å². The monoisotopic (exact) mass is 415 g/mol. The molecule has 0 saturated carbocycles. The number of carbonyl (C=O) groups is 1. The molecule has 160 valence electrons. The molecule has 4 rings (SSSR count). The number of aldehydes is 1. The summed E-state index contributed by atoms with van der Waals surface area (Å²) in [5, 5.41) is 0. The van der Waals surface area contributed by atoms with Crippen LogP contribution < -0.4 is 9.47 Å². The molecule has 0 N–H and O–H groups in total. The van der Waals surface area contributed by atoms with Gasteiger partial charge in [-0.2, -0.15) is 0 Å².